The van der Waals surface area contributed by atoms with Gasteiger partial charge in [-0.3, -0.25) is 0 Å². The predicted octanol–water partition coefficient (Wildman–Crippen LogP) is 2.38. The zero-order chi connectivity index (χ0) is 12.3. The van der Waals surface area contributed by atoms with Gasteiger partial charge >= 0.3 is 0 Å². The molecule has 4 heteroatoms. The SMILES string of the molecule is OC(Cc1cccc(Cl)c1F)C1CCNCC1. The molecule has 1 saturated heterocycles. The Balaban J connectivity index is 2.01. The standard InChI is InChI=1S/C13H17ClFNO/c14-11-3-1-2-10(13(11)15)8-12(17)9-4-6-16-7-5-9/h1-3,9,12,16-17H,4-8H2. The highest BCUT2D eigenvalue weighted by atomic mass is 35.5. The minimum atomic E-state index is -0.481. The van der Waals surface area contributed by atoms with Crippen LogP contribution in [-0.4, -0.2) is 24.3 Å². The average Bonchev–Trinajstić information content (AvgIpc) is 2.36. The molecule has 0 amide bonds. The zero-order valence-electron chi connectivity index (χ0n) is 9.63. The van der Waals surface area contributed by atoms with Crippen LogP contribution in [0, 0.1) is 11.7 Å². The molecule has 0 saturated carbocycles. The molecule has 1 aromatic carbocycles. The van der Waals surface area contributed by atoms with E-state index in [0.29, 0.717) is 12.0 Å². The summed E-state index contributed by atoms with van der Waals surface area (Å²) in [7, 11) is 0. The number of aliphatic hydroxyl groups is 1. The fourth-order valence-corrected chi connectivity index (χ4v) is 2.52. The first-order valence-electron chi connectivity index (χ1n) is 6.00. The molecule has 1 aliphatic heterocycles. The van der Waals surface area contributed by atoms with Crippen LogP contribution in [0.25, 0.3) is 0 Å². The maximum atomic E-state index is 13.7. The van der Waals surface area contributed by atoms with Crippen molar-refractivity contribution >= 4 is 11.6 Å². The molecule has 1 heterocycles. The van der Waals surface area contributed by atoms with Crippen LogP contribution < -0.4 is 5.32 Å². The van der Waals surface area contributed by atoms with Gasteiger partial charge in [-0.05, 0) is 43.5 Å². The molecule has 0 aromatic heterocycles. The molecule has 0 spiro atoms. The number of rotatable bonds is 3. The summed E-state index contributed by atoms with van der Waals surface area (Å²) in [5, 5.41) is 13.5. The molecular formula is C13H17ClFNO. The van der Waals surface area contributed by atoms with Crippen molar-refractivity contribution in [1.82, 2.24) is 5.32 Å². The summed E-state index contributed by atoms with van der Waals surface area (Å²) >= 11 is 5.72. The Hall–Kier alpha value is -0.640. The van der Waals surface area contributed by atoms with E-state index in [9.17, 15) is 9.50 Å². The average molecular weight is 258 g/mol. The molecular weight excluding hydrogens is 241 g/mol. The lowest BCUT2D eigenvalue weighted by molar-refractivity contribution is 0.0883. The fraction of sp³-hybridized carbons (Fsp3) is 0.538. The van der Waals surface area contributed by atoms with E-state index >= 15 is 0 Å². The molecule has 1 atom stereocenters. The van der Waals surface area contributed by atoms with Crippen molar-refractivity contribution < 1.29 is 9.50 Å². The van der Waals surface area contributed by atoms with Gasteiger partial charge in [-0.15, -0.1) is 0 Å². The Morgan fingerprint density at radius 1 is 1.41 bits per heavy atom. The summed E-state index contributed by atoms with van der Waals surface area (Å²) < 4.78 is 13.7. The van der Waals surface area contributed by atoms with Crippen LogP contribution in [0.2, 0.25) is 5.02 Å². The fourth-order valence-electron chi connectivity index (χ4n) is 2.33. The Bertz CT molecular complexity index is 380. The van der Waals surface area contributed by atoms with Gasteiger partial charge in [0.15, 0.2) is 0 Å². The maximum absolute atomic E-state index is 13.7. The van der Waals surface area contributed by atoms with Crippen LogP contribution in [0.15, 0.2) is 18.2 Å². The lowest BCUT2D eigenvalue weighted by Crippen LogP contribution is -2.35. The normalized spacial score (nSPS) is 19.2. The minimum absolute atomic E-state index is 0.125. The third-order valence-electron chi connectivity index (χ3n) is 3.39. The van der Waals surface area contributed by atoms with E-state index in [0.717, 1.165) is 25.9 Å². The van der Waals surface area contributed by atoms with Gasteiger partial charge in [-0.25, -0.2) is 4.39 Å². The summed E-state index contributed by atoms with van der Waals surface area (Å²) in [6.07, 6.45) is 1.76. The third kappa shape index (κ3) is 3.18. The van der Waals surface area contributed by atoms with Gasteiger partial charge in [0.2, 0.25) is 0 Å². The highest BCUT2D eigenvalue weighted by Crippen LogP contribution is 2.23. The second kappa shape index (κ2) is 5.80. The lowest BCUT2D eigenvalue weighted by atomic mass is 9.88. The largest absolute Gasteiger partial charge is 0.392 e. The molecule has 17 heavy (non-hydrogen) atoms. The van der Waals surface area contributed by atoms with E-state index in [4.69, 9.17) is 11.6 Å². The quantitative estimate of drug-likeness (QED) is 0.872. The molecule has 1 unspecified atom stereocenters. The van der Waals surface area contributed by atoms with Crippen LogP contribution in [-0.2, 0) is 6.42 Å². The number of aliphatic hydroxyl groups excluding tert-OH is 1. The summed E-state index contributed by atoms with van der Waals surface area (Å²) in [4.78, 5) is 0. The molecule has 2 N–H and O–H groups in total. The van der Waals surface area contributed by atoms with Gasteiger partial charge in [0.25, 0.3) is 0 Å². The minimum Gasteiger partial charge on any atom is -0.392 e. The Morgan fingerprint density at radius 2 is 2.12 bits per heavy atom. The molecule has 0 aliphatic carbocycles. The van der Waals surface area contributed by atoms with Crippen molar-refractivity contribution in [3.63, 3.8) is 0 Å². The number of benzene rings is 1. The van der Waals surface area contributed by atoms with Gasteiger partial charge < -0.3 is 10.4 Å². The van der Waals surface area contributed by atoms with E-state index in [1.165, 1.54) is 6.07 Å². The Labute approximate surface area is 106 Å². The molecule has 2 rings (SSSR count). The van der Waals surface area contributed by atoms with Crippen molar-refractivity contribution in [3.05, 3.63) is 34.6 Å². The monoisotopic (exact) mass is 257 g/mol. The van der Waals surface area contributed by atoms with Crippen molar-refractivity contribution in [3.8, 4) is 0 Å². The topological polar surface area (TPSA) is 32.3 Å². The van der Waals surface area contributed by atoms with E-state index < -0.39 is 11.9 Å². The number of nitrogens with one attached hydrogen (secondary N) is 1. The number of halogens is 2. The van der Waals surface area contributed by atoms with Crippen molar-refractivity contribution in [1.29, 1.82) is 0 Å². The number of hydrogen-bond donors (Lipinski definition) is 2. The van der Waals surface area contributed by atoms with Crippen LogP contribution in [0.5, 0.6) is 0 Å². The smallest absolute Gasteiger partial charge is 0.145 e. The second-order valence-electron chi connectivity index (χ2n) is 4.57. The van der Waals surface area contributed by atoms with Crippen LogP contribution in [0.4, 0.5) is 4.39 Å². The van der Waals surface area contributed by atoms with Crippen LogP contribution in [0.1, 0.15) is 18.4 Å². The van der Waals surface area contributed by atoms with Gasteiger partial charge in [-0.2, -0.15) is 0 Å². The maximum Gasteiger partial charge on any atom is 0.145 e. The third-order valence-corrected chi connectivity index (χ3v) is 3.68. The highest BCUT2D eigenvalue weighted by molar-refractivity contribution is 6.30. The van der Waals surface area contributed by atoms with Crippen molar-refractivity contribution in [2.24, 2.45) is 5.92 Å². The number of hydrogen-bond acceptors (Lipinski definition) is 2. The van der Waals surface area contributed by atoms with Crippen molar-refractivity contribution in [2.45, 2.75) is 25.4 Å². The summed E-state index contributed by atoms with van der Waals surface area (Å²) in [5.41, 5.74) is 0.503. The first-order chi connectivity index (χ1) is 8.18. The van der Waals surface area contributed by atoms with E-state index in [2.05, 4.69) is 5.32 Å². The van der Waals surface area contributed by atoms with E-state index in [1.54, 1.807) is 12.1 Å². The second-order valence-corrected chi connectivity index (χ2v) is 4.98. The van der Waals surface area contributed by atoms with E-state index in [1.807, 2.05) is 0 Å². The summed E-state index contributed by atoms with van der Waals surface area (Å²) in [5.74, 6) is -0.142. The molecule has 1 aromatic rings. The molecule has 2 nitrogen and oxygen atoms in total. The zero-order valence-corrected chi connectivity index (χ0v) is 10.4. The van der Waals surface area contributed by atoms with E-state index in [-0.39, 0.29) is 10.9 Å². The molecule has 1 aliphatic rings. The molecule has 0 radical (unpaired) electrons. The summed E-state index contributed by atoms with van der Waals surface area (Å²) in [6.45, 7) is 1.86. The van der Waals surface area contributed by atoms with Gasteiger partial charge in [-0.1, -0.05) is 23.7 Å². The molecule has 1 fully saturated rings. The molecule has 0 bridgehead atoms. The van der Waals surface area contributed by atoms with Gasteiger partial charge in [0.1, 0.15) is 5.82 Å². The number of piperidine rings is 1. The Morgan fingerprint density at radius 3 is 2.82 bits per heavy atom. The highest BCUT2D eigenvalue weighted by Gasteiger charge is 2.22. The van der Waals surface area contributed by atoms with Crippen LogP contribution >= 0.6 is 11.6 Å². The summed E-state index contributed by atoms with van der Waals surface area (Å²) in [6, 6.07) is 4.93. The predicted molar refractivity (Wildman–Crippen MR) is 66.7 cm³/mol. The molecule has 94 valence electrons. The Kier molecular flexibility index (Phi) is 4.37. The lowest BCUT2D eigenvalue weighted by Gasteiger charge is -2.27. The van der Waals surface area contributed by atoms with Gasteiger partial charge in [0.05, 0.1) is 11.1 Å². The van der Waals surface area contributed by atoms with Crippen molar-refractivity contribution in [2.75, 3.05) is 13.1 Å². The first kappa shape index (κ1) is 12.8. The first-order valence-corrected chi connectivity index (χ1v) is 6.38. The van der Waals surface area contributed by atoms with Crippen LogP contribution in [0.3, 0.4) is 0 Å². The van der Waals surface area contributed by atoms with Gasteiger partial charge in [0, 0.05) is 6.42 Å².